The molecule has 1 amide bonds. The topological polar surface area (TPSA) is 35.6 Å². The molecular formula is C18H22ClN3OS. The zero-order valence-electron chi connectivity index (χ0n) is 14.2. The van der Waals surface area contributed by atoms with Crippen LogP contribution < -0.4 is 10.2 Å². The molecule has 1 aliphatic heterocycles. The van der Waals surface area contributed by atoms with Crippen LogP contribution in [0.4, 0.5) is 11.4 Å². The molecule has 3 rings (SSSR count). The minimum Gasteiger partial charge on any atom is -0.367 e. The maximum Gasteiger partial charge on any atom is 0.265 e. The lowest BCUT2D eigenvalue weighted by molar-refractivity contribution is 0.103. The van der Waals surface area contributed by atoms with Crippen LogP contribution in [0.1, 0.15) is 20.1 Å². The lowest BCUT2D eigenvalue weighted by Crippen LogP contribution is -2.44. The lowest BCUT2D eigenvalue weighted by atomic mass is 10.2. The molecular weight excluding hydrogens is 342 g/mol. The van der Waals surface area contributed by atoms with E-state index in [4.69, 9.17) is 11.6 Å². The molecule has 4 nitrogen and oxygen atoms in total. The number of aryl methyl sites for hydroxylation is 2. The average Bonchev–Trinajstić information content (AvgIpc) is 2.88. The van der Waals surface area contributed by atoms with Gasteiger partial charge in [-0.1, -0.05) is 11.6 Å². The summed E-state index contributed by atoms with van der Waals surface area (Å²) in [6.45, 7) is 7.97. The van der Waals surface area contributed by atoms with Crippen LogP contribution in [0, 0.1) is 13.8 Å². The summed E-state index contributed by atoms with van der Waals surface area (Å²) < 4.78 is 0. The van der Waals surface area contributed by atoms with E-state index >= 15 is 0 Å². The van der Waals surface area contributed by atoms with Crippen molar-refractivity contribution in [2.24, 2.45) is 0 Å². The normalized spacial score (nSPS) is 15.6. The first-order valence-corrected chi connectivity index (χ1v) is 9.25. The zero-order chi connectivity index (χ0) is 17.3. The number of rotatable bonds is 3. The van der Waals surface area contributed by atoms with Gasteiger partial charge in [0.25, 0.3) is 5.91 Å². The van der Waals surface area contributed by atoms with E-state index < -0.39 is 0 Å². The maximum atomic E-state index is 12.6. The molecule has 1 aromatic carbocycles. The maximum absolute atomic E-state index is 12.6. The van der Waals surface area contributed by atoms with Crippen LogP contribution in [0.3, 0.4) is 0 Å². The van der Waals surface area contributed by atoms with Gasteiger partial charge >= 0.3 is 0 Å². The summed E-state index contributed by atoms with van der Waals surface area (Å²) in [7, 11) is 2.13. The molecule has 1 fully saturated rings. The van der Waals surface area contributed by atoms with E-state index in [1.165, 1.54) is 16.2 Å². The number of hydrogen-bond donors (Lipinski definition) is 1. The molecule has 0 radical (unpaired) electrons. The Morgan fingerprint density at radius 1 is 1.17 bits per heavy atom. The van der Waals surface area contributed by atoms with E-state index in [1.54, 1.807) is 0 Å². The number of thiophene rings is 1. The van der Waals surface area contributed by atoms with Gasteiger partial charge in [-0.15, -0.1) is 11.3 Å². The van der Waals surface area contributed by atoms with Gasteiger partial charge in [0.2, 0.25) is 0 Å². The Morgan fingerprint density at radius 2 is 1.88 bits per heavy atom. The molecule has 6 heteroatoms. The molecule has 0 unspecified atom stereocenters. The van der Waals surface area contributed by atoms with E-state index in [0.717, 1.165) is 48.0 Å². The fraction of sp³-hybridized carbons (Fsp3) is 0.389. The first-order valence-electron chi connectivity index (χ1n) is 8.05. The van der Waals surface area contributed by atoms with Crippen molar-refractivity contribution in [3.05, 3.63) is 44.6 Å². The van der Waals surface area contributed by atoms with Crippen molar-refractivity contribution in [1.29, 1.82) is 0 Å². The van der Waals surface area contributed by atoms with Crippen molar-refractivity contribution in [2.45, 2.75) is 13.8 Å². The Morgan fingerprint density at radius 3 is 2.50 bits per heavy atom. The van der Waals surface area contributed by atoms with Gasteiger partial charge in [-0.2, -0.15) is 0 Å². The van der Waals surface area contributed by atoms with Crippen molar-refractivity contribution in [3.63, 3.8) is 0 Å². The predicted octanol–water partition coefficient (Wildman–Crippen LogP) is 4.02. The Bertz CT molecular complexity index is 731. The van der Waals surface area contributed by atoms with Crippen LogP contribution in [0.25, 0.3) is 0 Å². The number of nitrogens with zero attached hydrogens (tertiary/aromatic N) is 2. The minimum atomic E-state index is -0.0751. The number of hydrogen-bond acceptors (Lipinski definition) is 4. The van der Waals surface area contributed by atoms with Crippen molar-refractivity contribution in [2.75, 3.05) is 43.4 Å². The van der Waals surface area contributed by atoms with Gasteiger partial charge in [-0.25, -0.2) is 0 Å². The van der Waals surface area contributed by atoms with Gasteiger partial charge in [-0.3, -0.25) is 4.79 Å². The summed E-state index contributed by atoms with van der Waals surface area (Å²) in [4.78, 5) is 19.1. The van der Waals surface area contributed by atoms with E-state index in [-0.39, 0.29) is 5.91 Å². The fourth-order valence-corrected chi connectivity index (χ4v) is 3.90. The number of nitrogens with one attached hydrogen (secondary N) is 1. The quantitative estimate of drug-likeness (QED) is 0.894. The smallest absolute Gasteiger partial charge is 0.265 e. The molecule has 1 N–H and O–H groups in total. The average molecular weight is 364 g/mol. The van der Waals surface area contributed by atoms with Crippen LogP contribution in [0.2, 0.25) is 5.02 Å². The summed E-state index contributed by atoms with van der Waals surface area (Å²) in [6, 6.07) is 7.65. The highest BCUT2D eigenvalue weighted by molar-refractivity contribution is 7.14. The molecule has 0 spiro atoms. The molecule has 0 aliphatic carbocycles. The molecule has 0 atom stereocenters. The SMILES string of the molecule is Cc1cc(C(=O)Nc2cc(Cl)ccc2N2CCN(C)CC2)sc1C. The predicted molar refractivity (Wildman–Crippen MR) is 103 cm³/mol. The molecule has 1 aromatic heterocycles. The van der Waals surface area contributed by atoms with Crippen molar-refractivity contribution < 1.29 is 4.79 Å². The van der Waals surface area contributed by atoms with Crippen LogP contribution in [0.15, 0.2) is 24.3 Å². The standard InChI is InChI=1S/C18H22ClN3OS/c1-12-10-17(24-13(12)2)18(23)20-15-11-14(19)4-5-16(15)22-8-6-21(3)7-9-22/h4-5,10-11H,6-9H2,1-3H3,(H,20,23). The Kier molecular flexibility index (Phi) is 5.13. The number of likely N-dealkylation sites (N-methyl/N-ethyl adjacent to an activating group) is 1. The fourth-order valence-electron chi connectivity index (χ4n) is 2.80. The highest BCUT2D eigenvalue weighted by atomic mass is 35.5. The third-order valence-electron chi connectivity index (χ3n) is 4.44. The number of halogens is 1. The summed E-state index contributed by atoms with van der Waals surface area (Å²) in [5.74, 6) is -0.0751. The number of anilines is 2. The van der Waals surface area contributed by atoms with Crippen LogP contribution in [-0.2, 0) is 0 Å². The van der Waals surface area contributed by atoms with Crippen molar-refractivity contribution >= 4 is 40.2 Å². The number of amides is 1. The molecule has 1 saturated heterocycles. The third kappa shape index (κ3) is 3.74. The first-order chi connectivity index (χ1) is 11.4. The summed E-state index contributed by atoms with van der Waals surface area (Å²) >= 11 is 7.68. The van der Waals surface area contributed by atoms with Crippen molar-refractivity contribution in [3.8, 4) is 0 Å². The Hall–Kier alpha value is -1.56. The Labute approximate surface area is 152 Å². The van der Waals surface area contributed by atoms with E-state index in [0.29, 0.717) is 5.02 Å². The van der Waals surface area contributed by atoms with Gasteiger partial charge in [0.1, 0.15) is 0 Å². The van der Waals surface area contributed by atoms with Crippen molar-refractivity contribution in [1.82, 2.24) is 4.90 Å². The molecule has 2 aromatic rings. The monoisotopic (exact) mass is 363 g/mol. The summed E-state index contributed by atoms with van der Waals surface area (Å²) in [6.07, 6.45) is 0. The summed E-state index contributed by atoms with van der Waals surface area (Å²) in [5, 5.41) is 3.68. The van der Waals surface area contributed by atoms with E-state index in [9.17, 15) is 4.79 Å². The van der Waals surface area contributed by atoms with Gasteiger partial charge < -0.3 is 15.1 Å². The highest BCUT2D eigenvalue weighted by Gasteiger charge is 2.19. The van der Waals surface area contributed by atoms with Gasteiger partial charge in [0.15, 0.2) is 0 Å². The van der Waals surface area contributed by atoms with Gasteiger partial charge in [0, 0.05) is 36.1 Å². The molecule has 128 valence electrons. The second-order valence-corrected chi connectivity index (χ2v) is 7.95. The van der Waals surface area contributed by atoms with Crippen LogP contribution >= 0.6 is 22.9 Å². The van der Waals surface area contributed by atoms with E-state index in [2.05, 4.69) is 22.2 Å². The molecule has 24 heavy (non-hydrogen) atoms. The van der Waals surface area contributed by atoms with Gasteiger partial charge in [0.05, 0.1) is 16.3 Å². The summed E-state index contributed by atoms with van der Waals surface area (Å²) in [5.41, 5.74) is 2.96. The Balaban J connectivity index is 1.84. The lowest BCUT2D eigenvalue weighted by Gasteiger charge is -2.35. The number of piperazine rings is 1. The second-order valence-electron chi connectivity index (χ2n) is 6.26. The second kappa shape index (κ2) is 7.13. The van der Waals surface area contributed by atoms with Crippen LogP contribution in [-0.4, -0.2) is 44.0 Å². The zero-order valence-corrected chi connectivity index (χ0v) is 15.8. The number of carbonyl (C=O) groups is 1. The van der Waals surface area contributed by atoms with Gasteiger partial charge in [-0.05, 0) is 50.7 Å². The first kappa shape index (κ1) is 17.3. The largest absolute Gasteiger partial charge is 0.367 e. The van der Waals surface area contributed by atoms with Crippen LogP contribution in [0.5, 0.6) is 0 Å². The molecule has 2 heterocycles. The highest BCUT2D eigenvalue weighted by Crippen LogP contribution is 2.31. The molecule has 0 bridgehead atoms. The number of carbonyl (C=O) groups excluding carboxylic acids is 1. The molecule has 0 saturated carbocycles. The third-order valence-corrected chi connectivity index (χ3v) is 5.83. The van der Waals surface area contributed by atoms with E-state index in [1.807, 2.05) is 38.1 Å². The minimum absolute atomic E-state index is 0.0751. The molecule has 1 aliphatic rings. The number of benzene rings is 1.